The van der Waals surface area contributed by atoms with Gasteiger partial charge in [0.25, 0.3) is 0 Å². The Labute approximate surface area is 257 Å². The summed E-state index contributed by atoms with van der Waals surface area (Å²) < 4.78 is 21.9. The van der Waals surface area contributed by atoms with Gasteiger partial charge in [-0.25, -0.2) is 4.57 Å². The molecular weight excluding hydrogens is 551 g/mol. The number of unbranched alkanes of at least 4 members (excludes halogenated alkanes) is 14. The van der Waals surface area contributed by atoms with Gasteiger partial charge >= 0.3 is 7.82 Å². The van der Waals surface area contributed by atoms with Crippen molar-refractivity contribution in [3.8, 4) is 0 Å². The fraction of sp³-hybridized carbons (Fsp3) is 0.788. The molecule has 3 atom stereocenters. The molecular formula is C33H63N2O6P. The van der Waals surface area contributed by atoms with E-state index < -0.39 is 20.0 Å². The Morgan fingerprint density at radius 3 is 1.79 bits per heavy atom. The van der Waals surface area contributed by atoms with Crippen LogP contribution in [0.2, 0.25) is 0 Å². The number of amides is 1. The van der Waals surface area contributed by atoms with Crippen LogP contribution >= 0.6 is 7.82 Å². The number of aliphatic hydroxyl groups excluding tert-OH is 1. The molecule has 246 valence electrons. The average molecular weight is 615 g/mol. The Balaban J connectivity index is 4.47. The van der Waals surface area contributed by atoms with Gasteiger partial charge < -0.3 is 21.1 Å². The van der Waals surface area contributed by atoms with Gasteiger partial charge in [0, 0.05) is 13.0 Å². The molecule has 42 heavy (non-hydrogen) atoms. The molecule has 0 saturated heterocycles. The lowest BCUT2D eigenvalue weighted by Crippen LogP contribution is -2.45. The van der Waals surface area contributed by atoms with Crippen molar-refractivity contribution in [3.05, 3.63) is 36.5 Å². The summed E-state index contributed by atoms with van der Waals surface area (Å²) in [6.45, 7) is 3.99. The molecule has 0 fully saturated rings. The van der Waals surface area contributed by atoms with E-state index in [1.807, 2.05) is 6.08 Å². The highest BCUT2D eigenvalue weighted by Crippen LogP contribution is 2.43. The van der Waals surface area contributed by atoms with E-state index in [-0.39, 0.29) is 25.7 Å². The number of hydrogen-bond donors (Lipinski definition) is 4. The van der Waals surface area contributed by atoms with Crippen molar-refractivity contribution in [2.75, 3.05) is 19.8 Å². The SMILES string of the molecule is CCC/C=C/CC/C=C/CC/C=C/C(O)C(COP(=O)(O)OCCN)NC(=O)CCCCCCCCCCCCCC. The van der Waals surface area contributed by atoms with Crippen LogP contribution in [-0.4, -0.2) is 47.8 Å². The predicted octanol–water partition coefficient (Wildman–Crippen LogP) is 8.04. The average Bonchev–Trinajstić information content (AvgIpc) is 2.97. The maximum Gasteiger partial charge on any atom is 0.472 e. The van der Waals surface area contributed by atoms with Crippen LogP contribution in [0.15, 0.2) is 36.5 Å². The molecule has 1 amide bonds. The summed E-state index contributed by atoms with van der Waals surface area (Å²) in [6, 6.07) is -0.876. The fourth-order valence-corrected chi connectivity index (χ4v) is 5.16. The third kappa shape index (κ3) is 27.5. The number of aliphatic hydroxyl groups is 1. The van der Waals surface area contributed by atoms with Crippen LogP contribution in [0.25, 0.3) is 0 Å². The molecule has 0 aliphatic heterocycles. The molecule has 0 radical (unpaired) electrons. The second-order valence-corrected chi connectivity index (χ2v) is 12.5. The summed E-state index contributed by atoms with van der Waals surface area (Å²) in [7, 11) is -4.33. The molecule has 0 heterocycles. The Morgan fingerprint density at radius 2 is 1.26 bits per heavy atom. The van der Waals surface area contributed by atoms with Crippen LogP contribution in [0.5, 0.6) is 0 Å². The zero-order chi connectivity index (χ0) is 31.2. The molecule has 0 aromatic heterocycles. The van der Waals surface area contributed by atoms with E-state index in [0.717, 1.165) is 51.4 Å². The Hall–Kier alpha value is -1.28. The normalized spacial score (nSPS) is 15.1. The minimum atomic E-state index is -4.33. The van der Waals surface area contributed by atoms with E-state index in [2.05, 4.69) is 43.5 Å². The van der Waals surface area contributed by atoms with Crippen molar-refractivity contribution < 1.29 is 28.4 Å². The number of phosphoric acid groups is 1. The van der Waals surface area contributed by atoms with E-state index in [4.69, 9.17) is 14.8 Å². The van der Waals surface area contributed by atoms with E-state index in [9.17, 15) is 19.4 Å². The topological polar surface area (TPSA) is 131 Å². The maximum absolute atomic E-state index is 12.6. The Morgan fingerprint density at radius 1 is 0.762 bits per heavy atom. The molecule has 5 N–H and O–H groups in total. The molecule has 3 unspecified atom stereocenters. The van der Waals surface area contributed by atoms with E-state index >= 15 is 0 Å². The quantitative estimate of drug-likeness (QED) is 0.0366. The van der Waals surface area contributed by atoms with Gasteiger partial charge in [-0.15, -0.1) is 0 Å². The minimum Gasteiger partial charge on any atom is -0.387 e. The van der Waals surface area contributed by atoms with Gasteiger partial charge in [0.1, 0.15) is 0 Å². The molecule has 8 nitrogen and oxygen atoms in total. The first-order valence-electron chi connectivity index (χ1n) is 16.6. The zero-order valence-corrected chi connectivity index (χ0v) is 27.6. The number of carbonyl (C=O) groups excluding carboxylic acids is 1. The van der Waals surface area contributed by atoms with Gasteiger partial charge in [-0.3, -0.25) is 13.8 Å². The van der Waals surface area contributed by atoms with Crippen LogP contribution in [-0.2, 0) is 18.4 Å². The highest BCUT2D eigenvalue weighted by atomic mass is 31.2. The molecule has 0 rings (SSSR count). The van der Waals surface area contributed by atoms with Crippen molar-refractivity contribution in [2.45, 2.75) is 148 Å². The first kappa shape index (κ1) is 40.7. The fourth-order valence-electron chi connectivity index (χ4n) is 4.40. The number of nitrogens with one attached hydrogen (secondary N) is 1. The van der Waals surface area contributed by atoms with E-state index in [0.29, 0.717) is 6.42 Å². The lowest BCUT2D eigenvalue weighted by molar-refractivity contribution is -0.123. The number of phosphoric ester groups is 1. The highest BCUT2D eigenvalue weighted by molar-refractivity contribution is 7.47. The van der Waals surface area contributed by atoms with E-state index in [1.54, 1.807) is 6.08 Å². The molecule has 0 bridgehead atoms. The van der Waals surface area contributed by atoms with Crippen molar-refractivity contribution in [1.82, 2.24) is 5.32 Å². The highest BCUT2D eigenvalue weighted by Gasteiger charge is 2.26. The second kappa shape index (κ2) is 29.8. The van der Waals surface area contributed by atoms with Gasteiger partial charge in [0.05, 0.1) is 25.4 Å². The number of nitrogens with two attached hydrogens (primary N) is 1. The lowest BCUT2D eigenvalue weighted by Gasteiger charge is -2.23. The number of hydrogen-bond acceptors (Lipinski definition) is 6. The van der Waals surface area contributed by atoms with E-state index in [1.165, 1.54) is 64.2 Å². The van der Waals surface area contributed by atoms with Crippen molar-refractivity contribution >= 4 is 13.7 Å². The first-order valence-corrected chi connectivity index (χ1v) is 18.1. The third-order valence-corrected chi connectivity index (χ3v) is 7.91. The summed E-state index contributed by atoms with van der Waals surface area (Å²) in [5.74, 6) is -0.213. The molecule has 0 spiro atoms. The maximum atomic E-state index is 12.6. The van der Waals surface area contributed by atoms with Crippen LogP contribution in [0.3, 0.4) is 0 Å². The summed E-state index contributed by atoms with van der Waals surface area (Å²) in [5, 5.41) is 13.5. The zero-order valence-electron chi connectivity index (χ0n) is 26.7. The number of rotatable bonds is 30. The first-order chi connectivity index (χ1) is 20.4. The third-order valence-electron chi connectivity index (χ3n) is 6.93. The van der Waals surface area contributed by atoms with Gasteiger partial charge in [-0.2, -0.15) is 0 Å². The minimum absolute atomic E-state index is 0.0719. The molecule has 9 heteroatoms. The lowest BCUT2D eigenvalue weighted by atomic mass is 10.0. The Kier molecular flexibility index (Phi) is 28.9. The van der Waals surface area contributed by atoms with Crippen LogP contribution in [0, 0.1) is 0 Å². The van der Waals surface area contributed by atoms with Crippen molar-refractivity contribution in [1.29, 1.82) is 0 Å². The summed E-state index contributed by atoms with van der Waals surface area (Å²) in [4.78, 5) is 22.4. The summed E-state index contributed by atoms with van der Waals surface area (Å²) in [6.07, 6.45) is 31.9. The van der Waals surface area contributed by atoms with Crippen LogP contribution in [0.4, 0.5) is 0 Å². The van der Waals surface area contributed by atoms with Crippen molar-refractivity contribution in [2.24, 2.45) is 5.73 Å². The molecule has 0 aliphatic rings. The van der Waals surface area contributed by atoms with Gasteiger partial charge in [0.15, 0.2) is 0 Å². The summed E-state index contributed by atoms with van der Waals surface area (Å²) in [5.41, 5.74) is 5.33. The second-order valence-electron chi connectivity index (χ2n) is 11.0. The van der Waals surface area contributed by atoms with Crippen molar-refractivity contribution in [3.63, 3.8) is 0 Å². The largest absolute Gasteiger partial charge is 0.472 e. The predicted molar refractivity (Wildman–Crippen MR) is 175 cm³/mol. The monoisotopic (exact) mass is 614 g/mol. The van der Waals surface area contributed by atoms with Gasteiger partial charge in [-0.05, 0) is 38.5 Å². The summed E-state index contributed by atoms with van der Waals surface area (Å²) >= 11 is 0. The molecule has 0 aliphatic carbocycles. The standard InChI is InChI=1S/C33H63N2O6P/c1-3-5-7-9-11-13-15-17-19-21-23-25-27-33(37)35-31(30-41-42(38,39)40-29-28-34)32(36)26-24-22-20-18-16-14-12-10-8-6-4-2/h8,10,16,18,24,26,31-32,36H,3-7,9,11-15,17,19-23,25,27-30,34H2,1-2H3,(H,35,37)(H,38,39)/b10-8+,18-16+,26-24+. The van der Waals surface area contributed by atoms with Crippen LogP contribution in [0.1, 0.15) is 136 Å². The molecule has 0 saturated carbocycles. The van der Waals surface area contributed by atoms with Crippen LogP contribution < -0.4 is 11.1 Å². The Bertz CT molecular complexity index is 759. The smallest absolute Gasteiger partial charge is 0.387 e. The van der Waals surface area contributed by atoms with Gasteiger partial charge in [0.2, 0.25) is 5.91 Å². The molecule has 0 aromatic rings. The number of carbonyl (C=O) groups is 1. The molecule has 0 aromatic carbocycles. The van der Waals surface area contributed by atoms with Gasteiger partial charge in [-0.1, -0.05) is 127 Å². The number of allylic oxidation sites excluding steroid dienone is 5.